The molecule has 4 aromatic rings. The summed E-state index contributed by atoms with van der Waals surface area (Å²) in [5.74, 6) is -1.12. The van der Waals surface area contributed by atoms with Gasteiger partial charge in [-0.05, 0) is 81.1 Å². The third-order valence-electron chi connectivity index (χ3n) is 7.52. The van der Waals surface area contributed by atoms with Gasteiger partial charge in [0, 0.05) is 48.9 Å². The molecule has 1 saturated heterocycles. The van der Waals surface area contributed by atoms with Crippen LogP contribution in [0.3, 0.4) is 0 Å². The number of aromatic nitrogens is 2. The first-order chi connectivity index (χ1) is 19.3. The van der Waals surface area contributed by atoms with Crippen LogP contribution in [0.2, 0.25) is 0 Å². The number of nitrogens with zero attached hydrogens (tertiary/aromatic N) is 4. The van der Waals surface area contributed by atoms with Crippen molar-refractivity contribution in [3.63, 3.8) is 0 Å². The van der Waals surface area contributed by atoms with Crippen LogP contribution in [0.4, 0.5) is 10.1 Å². The Labute approximate surface area is 233 Å². The molecule has 0 radical (unpaired) electrons. The molecule has 1 N–H and O–H groups in total. The number of carboxylic acid groups (broad SMARTS) is 1. The van der Waals surface area contributed by atoms with E-state index in [9.17, 15) is 14.0 Å². The molecule has 0 unspecified atom stereocenters. The van der Waals surface area contributed by atoms with Crippen molar-refractivity contribution in [1.82, 2.24) is 14.9 Å². The van der Waals surface area contributed by atoms with E-state index in [4.69, 9.17) is 15.1 Å². The van der Waals surface area contributed by atoms with Crippen LogP contribution in [0.15, 0.2) is 66.7 Å². The van der Waals surface area contributed by atoms with Gasteiger partial charge in [-0.2, -0.15) is 0 Å². The Morgan fingerprint density at radius 2 is 1.75 bits per heavy atom. The fourth-order valence-corrected chi connectivity index (χ4v) is 5.33. The molecule has 0 bridgehead atoms. The minimum Gasteiger partial charge on any atom is -0.481 e. The number of carboxylic acids is 1. The summed E-state index contributed by atoms with van der Waals surface area (Å²) in [4.78, 5) is 38.5. The van der Waals surface area contributed by atoms with Gasteiger partial charge in [0.25, 0.3) is 5.91 Å². The average Bonchev–Trinajstić information content (AvgIpc) is 2.95. The minimum atomic E-state index is -0.806. The highest BCUT2D eigenvalue weighted by Gasteiger charge is 2.28. The first-order valence-electron chi connectivity index (χ1n) is 13.7. The summed E-state index contributed by atoms with van der Waals surface area (Å²) >= 11 is 0. The number of carbonyl (C=O) groups is 2. The molecule has 0 aliphatic carbocycles. The Balaban J connectivity index is 1.40. The maximum absolute atomic E-state index is 13.6. The molecule has 8 heteroatoms. The van der Waals surface area contributed by atoms with Gasteiger partial charge in [-0.1, -0.05) is 24.3 Å². The second-order valence-corrected chi connectivity index (χ2v) is 10.4. The SMILES string of the molecule is Cc1ccccc1-c1nc2ccc(C(=O)N3CCN(c4ccc(F)cc4)C[C@H]3C)cc2nc1CCCCC(=O)O. The summed E-state index contributed by atoms with van der Waals surface area (Å²) in [6.07, 6.45) is 1.95. The van der Waals surface area contributed by atoms with E-state index in [0.717, 1.165) is 28.2 Å². The molecule has 3 aromatic carbocycles. The van der Waals surface area contributed by atoms with Crippen LogP contribution in [0, 0.1) is 12.7 Å². The van der Waals surface area contributed by atoms with Gasteiger partial charge < -0.3 is 14.9 Å². The van der Waals surface area contributed by atoms with Crippen LogP contribution < -0.4 is 4.90 Å². The van der Waals surface area contributed by atoms with Crippen LogP contribution in [0.1, 0.15) is 47.8 Å². The molecular formula is C32H33FN4O3. The van der Waals surface area contributed by atoms with Crippen LogP contribution in [0.5, 0.6) is 0 Å². The fraction of sp³-hybridized carbons (Fsp3) is 0.312. The van der Waals surface area contributed by atoms with E-state index in [2.05, 4.69) is 4.90 Å². The monoisotopic (exact) mass is 540 g/mol. The number of aliphatic carboxylic acids is 1. The number of unbranched alkanes of at least 4 members (excludes halogenated alkanes) is 1. The lowest BCUT2D eigenvalue weighted by atomic mass is 10.0. The van der Waals surface area contributed by atoms with Crippen molar-refractivity contribution in [2.45, 2.75) is 45.6 Å². The van der Waals surface area contributed by atoms with Crippen molar-refractivity contribution >= 4 is 28.6 Å². The maximum Gasteiger partial charge on any atom is 0.303 e. The van der Waals surface area contributed by atoms with Gasteiger partial charge in [0.05, 0.1) is 22.4 Å². The minimum absolute atomic E-state index is 0.0266. The van der Waals surface area contributed by atoms with Crippen molar-refractivity contribution in [2.75, 3.05) is 24.5 Å². The van der Waals surface area contributed by atoms with Crippen molar-refractivity contribution in [2.24, 2.45) is 0 Å². The van der Waals surface area contributed by atoms with E-state index in [1.54, 1.807) is 12.1 Å². The lowest BCUT2D eigenvalue weighted by molar-refractivity contribution is -0.137. The smallest absolute Gasteiger partial charge is 0.303 e. The number of hydrogen-bond donors (Lipinski definition) is 1. The summed E-state index contributed by atoms with van der Waals surface area (Å²) < 4.78 is 13.4. The molecule has 2 heterocycles. The zero-order valence-electron chi connectivity index (χ0n) is 22.8. The van der Waals surface area contributed by atoms with Crippen LogP contribution in [0.25, 0.3) is 22.3 Å². The van der Waals surface area contributed by atoms with E-state index in [1.807, 2.05) is 61.2 Å². The van der Waals surface area contributed by atoms with Crippen LogP contribution >= 0.6 is 0 Å². The van der Waals surface area contributed by atoms with E-state index in [-0.39, 0.29) is 24.2 Å². The van der Waals surface area contributed by atoms with E-state index in [0.29, 0.717) is 55.5 Å². The Kier molecular flexibility index (Phi) is 8.05. The van der Waals surface area contributed by atoms with Gasteiger partial charge in [-0.15, -0.1) is 0 Å². The second kappa shape index (κ2) is 11.8. The number of carbonyl (C=O) groups excluding carboxylic acids is 1. The Morgan fingerprint density at radius 3 is 2.48 bits per heavy atom. The predicted octanol–water partition coefficient (Wildman–Crippen LogP) is 5.89. The first kappa shape index (κ1) is 27.2. The summed E-state index contributed by atoms with van der Waals surface area (Å²) in [6, 6.07) is 19.9. The number of anilines is 1. The maximum atomic E-state index is 13.6. The van der Waals surface area contributed by atoms with Crippen molar-refractivity contribution < 1.29 is 19.1 Å². The number of benzene rings is 3. The van der Waals surface area contributed by atoms with E-state index < -0.39 is 5.97 Å². The van der Waals surface area contributed by atoms with Gasteiger partial charge >= 0.3 is 5.97 Å². The lowest BCUT2D eigenvalue weighted by Gasteiger charge is -2.41. The second-order valence-electron chi connectivity index (χ2n) is 10.4. The molecule has 1 amide bonds. The molecule has 1 aliphatic heterocycles. The molecule has 0 spiro atoms. The number of piperazine rings is 1. The zero-order valence-corrected chi connectivity index (χ0v) is 22.8. The van der Waals surface area contributed by atoms with Gasteiger partial charge in [0.1, 0.15) is 5.82 Å². The summed E-state index contributed by atoms with van der Waals surface area (Å²) in [7, 11) is 0. The Hall–Kier alpha value is -4.33. The molecule has 1 aliphatic rings. The molecule has 1 atom stereocenters. The highest BCUT2D eigenvalue weighted by molar-refractivity contribution is 5.98. The molecule has 206 valence electrons. The van der Waals surface area contributed by atoms with Gasteiger partial charge in [-0.3, -0.25) is 9.59 Å². The van der Waals surface area contributed by atoms with Crippen molar-refractivity contribution in [3.8, 4) is 11.3 Å². The third-order valence-corrected chi connectivity index (χ3v) is 7.52. The number of amides is 1. The number of hydrogen-bond acceptors (Lipinski definition) is 5. The molecule has 1 fully saturated rings. The topological polar surface area (TPSA) is 86.6 Å². The predicted molar refractivity (Wildman–Crippen MR) is 154 cm³/mol. The van der Waals surface area contributed by atoms with Crippen molar-refractivity contribution in [1.29, 1.82) is 0 Å². The fourth-order valence-electron chi connectivity index (χ4n) is 5.33. The summed E-state index contributed by atoms with van der Waals surface area (Å²) in [5, 5.41) is 9.03. The molecular weight excluding hydrogens is 507 g/mol. The summed E-state index contributed by atoms with van der Waals surface area (Å²) in [5.41, 5.74) is 6.54. The van der Waals surface area contributed by atoms with Crippen molar-refractivity contribution in [3.05, 3.63) is 89.4 Å². The molecule has 7 nitrogen and oxygen atoms in total. The van der Waals surface area contributed by atoms with Crippen LogP contribution in [-0.2, 0) is 11.2 Å². The quantitative estimate of drug-likeness (QED) is 0.280. The van der Waals surface area contributed by atoms with E-state index >= 15 is 0 Å². The third kappa shape index (κ3) is 5.96. The van der Waals surface area contributed by atoms with Crippen LogP contribution in [-0.4, -0.2) is 57.5 Å². The zero-order chi connectivity index (χ0) is 28.2. The largest absolute Gasteiger partial charge is 0.481 e. The number of fused-ring (bicyclic) bond motifs is 1. The molecule has 1 aromatic heterocycles. The highest BCUT2D eigenvalue weighted by atomic mass is 19.1. The Morgan fingerprint density at radius 1 is 0.975 bits per heavy atom. The number of aryl methyl sites for hydroxylation is 2. The normalized spacial score (nSPS) is 15.4. The van der Waals surface area contributed by atoms with E-state index in [1.165, 1.54) is 12.1 Å². The molecule has 5 rings (SSSR count). The molecule has 40 heavy (non-hydrogen) atoms. The number of halogens is 1. The highest BCUT2D eigenvalue weighted by Crippen LogP contribution is 2.28. The lowest BCUT2D eigenvalue weighted by Crippen LogP contribution is -2.54. The van der Waals surface area contributed by atoms with Gasteiger partial charge in [-0.25, -0.2) is 14.4 Å². The average molecular weight is 541 g/mol. The summed E-state index contributed by atoms with van der Waals surface area (Å²) in [6.45, 7) is 5.94. The standard InChI is InChI=1S/C32H33FN4O3/c1-21-7-3-4-8-26(21)31-28(9-5-6-10-30(38)39)34-29-19-23(11-16-27(29)35-31)32(40)37-18-17-36(20-22(37)2)25-14-12-24(33)13-15-25/h3-4,7-8,11-16,19,22H,5-6,9-10,17-18,20H2,1-2H3,(H,38,39)/t22-/m1/s1. The molecule has 0 saturated carbocycles. The first-order valence-corrected chi connectivity index (χ1v) is 13.7. The number of rotatable bonds is 8. The van der Waals surface area contributed by atoms with Gasteiger partial charge in [0.2, 0.25) is 0 Å². The van der Waals surface area contributed by atoms with Gasteiger partial charge in [0.15, 0.2) is 0 Å². The Bertz CT molecular complexity index is 1540.